The van der Waals surface area contributed by atoms with Gasteiger partial charge in [0.15, 0.2) is 0 Å². The zero-order valence-corrected chi connectivity index (χ0v) is 13.7. The molecule has 0 saturated heterocycles. The number of amides is 1. The molecule has 1 aromatic rings. The molecule has 1 amide bonds. The highest BCUT2D eigenvalue weighted by Crippen LogP contribution is 2.40. The number of aliphatic carboxylic acids is 1. The lowest BCUT2D eigenvalue weighted by atomic mass is 9.80. The summed E-state index contributed by atoms with van der Waals surface area (Å²) >= 11 is 0. The Kier molecular flexibility index (Phi) is 6.63. The lowest BCUT2D eigenvalue weighted by Crippen LogP contribution is -2.37. The fourth-order valence-corrected chi connectivity index (χ4v) is 3.51. The number of rotatable bonds is 9. The summed E-state index contributed by atoms with van der Waals surface area (Å²) < 4.78 is 0. The molecule has 1 aliphatic carbocycles. The van der Waals surface area contributed by atoms with Crippen molar-refractivity contribution >= 4 is 11.9 Å². The molecule has 0 spiro atoms. The number of unbranched alkanes of at least 4 members (excludes halogenated alkanes) is 1. The summed E-state index contributed by atoms with van der Waals surface area (Å²) in [5.41, 5.74) is 1.53. The molecule has 1 fully saturated rings. The van der Waals surface area contributed by atoms with Crippen molar-refractivity contribution in [3.05, 3.63) is 35.9 Å². The first-order valence-corrected chi connectivity index (χ1v) is 8.62. The molecule has 0 radical (unpaired) electrons. The van der Waals surface area contributed by atoms with Gasteiger partial charge in [0.25, 0.3) is 0 Å². The van der Waals surface area contributed by atoms with Crippen LogP contribution in [0.25, 0.3) is 0 Å². The van der Waals surface area contributed by atoms with E-state index in [1.165, 1.54) is 31.2 Å². The highest BCUT2D eigenvalue weighted by Gasteiger charge is 2.34. The summed E-state index contributed by atoms with van der Waals surface area (Å²) in [5.74, 6) is -0.743. The lowest BCUT2D eigenvalue weighted by molar-refractivity contribution is -0.137. The molecule has 0 atom stereocenters. The van der Waals surface area contributed by atoms with Crippen molar-refractivity contribution in [1.29, 1.82) is 0 Å². The fourth-order valence-electron chi connectivity index (χ4n) is 3.51. The van der Waals surface area contributed by atoms with Gasteiger partial charge in [-0.25, -0.2) is 0 Å². The average molecular weight is 317 g/mol. The minimum absolute atomic E-state index is 0.0507. The van der Waals surface area contributed by atoms with Crippen LogP contribution in [0.2, 0.25) is 0 Å². The van der Waals surface area contributed by atoms with E-state index >= 15 is 0 Å². The summed E-state index contributed by atoms with van der Waals surface area (Å²) in [6, 6.07) is 10.5. The normalized spacial score (nSPS) is 16.2. The van der Waals surface area contributed by atoms with Gasteiger partial charge >= 0.3 is 5.97 Å². The van der Waals surface area contributed by atoms with Gasteiger partial charge in [-0.1, -0.05) is 43.2 Å². The number of carbonyl (C=O) groups is 2. The second-order valence-electron chi connectivity index (χ2n) is 6.75. The Morgan fingerprint density at radius 2 is 1.70 bits per heavy atom. The van der Waals surface area contributed by atoms with Gasteiger partial charge in [0, 0.05) is 19.4 Å². The number of carbonyl (C=O) groups excluding carboxylic acids is 1. The van der Waals surface area contributed by atoms with Crippen LogP contribution in [0.5, 0.6) is 0 Å². The van der Waals surface area contributed by atoms with Gasteiger partial charge in [-0.15, -0.1) is 0 Å². The van der Waals surface area contributed by atoms with Crippen LogP contribution < -0.4 is 5.32 Å². The van der Waals surface area contributed by atoms with Crippen LogP contribution in [0, 0.1) is 5.41 Å². The summed E-state index contributed by atoms with van der Waals surface area (Å²) in [4.78, 5) is 22.4. The standard InChI is InChI=1S/C19H27NO3/c21-17(10-4-5-11-18(22)23)20-15-19(12-6-7-13-19)14-16-8-2-1-3-9-16/h1-3,8-9H,4-7,10-15H2,(H,20,21)(H,22,23). The first-order chi connectivity index (χ1) is 11.1. The van der Waals surface area contributed by atoms with Crippen LogP contribution in [0.3, 0.4) is 0 Å². The van der Waals surface area contributed by atoms with Crippen LogP contribution in [-0.2, 0) is 16.0 Å². The molecule has 2 N–H and O–H groups in total. The summed E-state index contributed by atoms with van der Waals surface area (Å²) in [6.45, 7) is 0.736. The van der Waals surface area contributed by atoms with E-state index in [1.807, 2.05) is 6.07 Å². The zero-order valence-electron chi connectivity index (χ0n) is 13.7. The van der Waals surface area contributed by atoms with Gasteiger partial charge in [0.05, 0.1) is 0 Å². The summed E-state index contributed by atoms with van der Waals surface area (Å²) in [5, 5.41) is 11.7. The minimum Gasteiger partial charge on any atom is -0.481 e. The number of carboxylic acid groups (broad SMARTS) is 1. The van der Waals surface area contributed by atoms with Crippen molar-refractivity contribution in [3.63, 3.8) is 0 Å². The van der Waals surface area contributed by atoms with Crippen molar-refractivity contribution < 1.29 is 14.7 Å². The topological polar surface area (TPSA) is 66.4 Å². The molecule has 0 heterocycles. The largest absolute Gasteiger partial charge is 0.481 e. The fraction of sp³-hybridized carbons (Fsp3) is 0.579. The number of hydrogen-bond acceptors (Lipinski definition) is 2. The molecule has 1 saturated carbocycles. The maximum absolute atomic E-state index is 12.0. The highest BCUT2D eigenvalue weighted by atomic mass is 16.4. The van der Waals surface area contributed by atoms with E-state index in [0.29, 0.717) is 19.3 Å². The molecule has 0 bridgehead atoms. The monoisotopic (exact) mass is 317 g/mol. The van der Waals surface area contributed by atoms with E-state index in [2.05, 4.69) is 29.6 Å². The second kappa shape index (κ2) is 8.70. The number of carboxylic acids is 1. The van der Waals surface area contributed by atoms with Crippen molar-refractivity contribution in [2.24, 2.45) is 5.41 Å². The molecular weight excluding hydrogens is 290 g/mol. The lowest BCUT2D eigenvalue weighted by Gasteiger charge is -2.29. The van der Waals surface area contributed by atoms with E-state index in [9.17, 15) is 9.59 Å². The molecule has 1 aromatic carbocycles. The van der Waals surface area contributed by atoms with Crippen LogP contribution >= 0.6 is 0 Å². The molecular formula is C19H27NO3. The van der Waals surface area contributed by atoms with E-state index in [0.717, 1.165) is 13.0 Å². The molecule has 0 aromatic heterocycles. The van der Waals surface area contributed by atoms with E-state index in [4.69, 9.17) is 5.11 Å². The average Bonchev–Trinajstić information content (AvgIpc) is 2.99. The quantitative estimate of drug-likeness (QED) is 0.684. The Morgan fingerprint density at radius 1 is 1.04 bits per heavy atom. The summed E-state index contributed by atoms with van der Waals surface area (Å²) in [7, 11) is 0. The molecule has 126 valence electrons. The van der Waals surface area contributed by atoms with E-state index in [-0.39, 0.29) is 17.7 Å². The zero-order chi connectivity index (χ0) is 16.5. The SMILES string of the molecule is O=C(O)CCCCC(=O)NCC1(Cc2ccccc2)CCCC1. The molecule has 1 aliphatic rings. The maximum Gasteiger partial charge on any atom is 0.303 e. The first-order valence-electron chi connectivity index (χ1n) is 8.62. The molecule has 4 heteroatoms. The Labute approximate surface area is 138 Å². The molecule has 0 aliphatic heterocycles. The smallest absolute Gasteiger partial charge is 0.303 e. The van der Waals surface area contributed by atoms with E-state index < -0.39 is 5.97 Å². The molecule has 23 heavy (non-hydrogen) atoms. The predicted octanol–water partition coefficient (Wildman–Crippen LogP) is 3.55. The number of hydrogen-bond donors (Lipinski definition) is 2. The third-order valence-corrected chi connectivity index (χ3v) is 4.79. The van der Waals surface area contributed by atoms with Gasteiger partial charge in [-0.3, -0.25) is 9.59 Å². The second-order valence-corrected chi connectivity index (χ2v) is 6.75. The first kappa shape index (κ1) is 17.5. The maximum atomic E-state index is 12.0. The van der Waals surface area contributed by atoms with Crippen molar-refractivity contribution in [2.45, 2.75) is 57.8 Å². The van der Waals surface area contributed by atoms with Crippen LogP contribution in [-0.4, -0.2) is 23.5 Å². The number of benzene rings is 1. The number of nitrogens with one attached hydrogen (secondary N) is 1. The van der Waals surface area contributed by atoms with E-state index in [1.54, 1.807) is 0 Å². The van der Waals surface area contributed by atoms with Gasteiger partial charge in [-0.05, 0) is 43.1 Å². The Morgan fingerprint density at radius 3 is 2.35 bits per heavy atom. The molecule has 2 rings (SSSR count). The van der Waals surface area contributed by atoms with Crippen molar-refractivity contribution in [1.82, 2.24) is 5.32 Å². The van der Waals surface area contributed by atoms with Crippen molar-refractivity contribution in [2.75, 3.05) is 6.54 Å². The third kappa shape index (κ3) is 6.05. The highest BCUT2D eigenvalue weighted by molar-refractivity contribution is 5.76. The van der Waals surface area contributed by atoms with Crippen molar-refractivity contribution in [3.8, 4) is 0 Å². The van der Waals surface area contributed by atoms with Gasteiger partial charge in [-0.2, -0.15) is 0 Å². The van der Waals surface area contributed by atoms with Gasteiger partial charge < -0.3 is 10.4 Å². The summed E-state index contributed by atoms with van der Waals surface area (Å²) in [6.07, 6.45) is 7.61. The van der Waals surface area contributed by atoms with Crippen LogP contribution in [0.4, 0.5) is 0 Å². The van der Waals surface area contributed by atoms with Gasteiger partial charge in [0.1, 0.15) is 0 Å². The van der Waals surface area contributed by atoms with Crippen LogP contribution in [0.15, 0.2) is 30.3 Å². The Hall–Kier alpha value is -1.84. The Bertz CT molecular complexity index is 507. The molecule has 0 unspecified atom stereocenters. The molecule has 4 nitrogen and oxygen atoms in total. The Balaban J connectivity index is 1.78. The minimum atomic E-state index is -0.793. The predicted molar refractivity (Wildman–Crippen MR) is 90.2 cm³/mol. The van der Waals surface area contributed by atoms with Gasteiger partial charge in [0.2, 0.25) is 5.91 Å². The third-order valence-electron chi connectivity index (χ3n) is 4.79. The van der Waals surface area contributed by atoms with Crippen LogP contribution in [0.1, 0.15) is 56.9 Å².